The van der Waals surface area contributed by atoms with Crippen LogP contribution in [0.25, 0.3) is 11.4 Å². The van der Waals surface area contributed by atoms with Gasteiger partial charge in [0.2, 0.25) is 0 Å². The Labute approximate surface area is 171 Å². The van der Waals surface area contributed by atoms with Gasteiger partial charge in [-0.3, -0.25) is 19.4 Å². The van der Waals surface area contributed by atoms with Gasteiger partial charge in [0, 0.05) is 43.9 Å². The fourth-order valence-electron chi connectivity index (χ4n) is 2.99. The third-order valence-electron chi connectivity index (χ3n) is 4.51. The Morgan fingerprint density at radius 2 is 1.93 bits per heavy atom. The number of Topliss-reactive ketones (excluding diaryl/α,β-unsaturated/α-hetero) is 1. The van der Waals surface area contributed by atoms with Gasteiger partial charge in [0.25, 0.3) is 0 Å². The average molecular weight is 418 g/mol. The van der Waals surface area contributed by atoms with Gasteiger partial charge in [-0.25, -0.2) is 0 Å². The predicted molar refractivity (Wildman–Crippen MR) is 104 cm³/mol. The van der Waals surface area contributed by atoms with E-state index in [1.165, 1.54) is 12.3 Å². The summed E-state index contributed by atoms with van der Waals surface area (Å²) in [7, 11) is 1.83. The SMILES string of the molecule is C[C@@H](CC(=O)Cc1ccc(-c2ccnn2C)nc1)c1ccc(OCC(F)(F)F)cn1. The standard InChI is InChI=1S/C21H21F3N4O2/c1-14(18-6-4-17(12-26-18)30-13-21(22,23)24)9-16(29)10-15-3-5-19(25-11-15)20-7-8-27-28(20)2/h3-8,11-12,14H,9-10,13H2,1-2H3/t14-/m0/s1. The van der Waals surface area contributed by atoms with E-state index in [9.17, 15) is 18.0 Å². The third kappa shape index (κ3) is 5.88. The van der Waals surface area contributed by atoms with E-state index in [0.29, 0.717) is 5.69 Å². The van der Waals surface area contributed by atoms with Crippen molar-refractivity contribution in [1.29, 1.82) is 0 Å². The van der Waals surface area contributed by atoms with Crippen molar-refractivity contribution in [2.45, 2.75) is 31.9 Å². The zero-order valence-corrected chi connectivity index (χ0v) is 16.6. The molecule has 3 rings (SSSR count). The molecule has 0 bridgehead atoms. The average Bonchev–Trinajstić information content (AvgIpc) is 3.12. The molecule has 158 valence electrons. The lowest BCUT2D eigenvalue weighted by Crippen LogP contribution is -2.19. The Hall–Kier alpha value is -3.23. The normalized spacial score (nSPS) is 12.6. The Morgan fingerprint density at radius 1 is 1.13 bits per heavy atom. The summed E-state index contributed by atoms with van der Waals surface area (Å²) < 4.78 is 42.9. The minimum Gasteiger partial charge on any atom is -0.483 e. The number of hydrogen-bond donors (Lipinski definition) is 0. The first-order chi connectivity index (χ1) is 14.2. The maximum atomic E-state index is 12.4. The summed E-state index contributed by atoms with van der Waals surface area (Å²) in [5, 5.41) is 4.11. The molecule has 0 spiro atoms. The zero-order chi connectivity index (χ0) is 21.7. The summed E-state index contributed by atoms with van der Waals surface area (Å²) in [6.45, 7) is 0.482. The van der Waals surface area contributed by atoms with Gasteiger partial charge in [0.15, 0.2) is 6.61 Å². The van der Waals surface area contributed by atoms with Crippen molar-refractivity contribution in [2.24, 2.45) is 7.05 Å². The van der Waals surface area contributed by atoms with E-state index in [1.807, 2.05) is 32.2 Å². The Kier molecular flexibility index (Phi) is 6.49. The molecule has 9 heteroatoms. The molecule has 0 radical (unpaired) electrons. The van der Waals surface area contributed by atoms with Crippen molar-refractivity contribution < 1.29 is 22.7 Å². The molecule has 0 saturated heterocycles. The zero-order valence-electron chi connectivity index (χ0n) is 16.6. The minimum atomic E-state index is -4.40. The van der Waals surface area contributed by atoms with Gasteiger partial charge in [-0.2, -0.15) is 18.3 Å². The molecule has 6 nitrogen and oxygen atoms in total. The number of pyridine rings is 2. The van der Waals surface area contributed by atoms with Crippen LogP contribution < -0.4 is 4.74 Å². The number of aryl methyl sites for hydroxylation is 1. The molecule has 0 saturated carbocycles. The molecule has 30 heavy (non-hydrogen) atoms. The monoisotopic (exact) mass is 418 g/mol. The van der Waals surface area contributed by atoms with Crippen molar-refractivity contribution in [3.8, 4) is 17.1 Å². The molecule has 0 aliphatic rings. The molecule has 3 aromatic rings. The molecule has 0 aliphatic carbocycles. The van der Waals surface area contributed by atoms with Crippen molar-refractivity contribution >= 4 is 5.78 Å². The molecule has 0 aliphatic heterocycles. The third-order valence-corrected chi connectivity index (χ3v) is 4.51. The lowest BCUT2D eigenvalue weighted by molar-refractivity contribution is -0.153. The maximum Gasteiger partial charge on any atom is 0.422 e. The minimum absolute atomic E-state index is 0.0248. The summed E-state index contributed by atoms with van der Waals surface area (Å²) in [6.07, 6.45) is 0.718. The molecule has 0 N–H and O–H groups in total. The molecular formula is C21H21F3N4O2. The second-order valence-corrected chi connectivity index (χ2v) is 7.03. The second-order valence-electron chi connectivity index (χ2n) is 7.03. The number of rotatable bonds is 8. The molecule has 3 aromatic heterocycles. The van der Waals surface area contributed by atoms with E-state index in [-0.39, 0.29) is 30.3 Å². The van der Waals surface area contributed by atoms with Gasteiger partial charge in [0.05, 0.1) is 17.6 Å². The number of nitrogens with zero attached hydrogens (tertiary/aromatic N) is 4. The van der Waals surface area contributed by atoms with E-state index >= 15 is 0 Å². The molecule has 0 aromatic carbocycles. The number of carbonyl (C=O) groups is 1. The molecule has 0 unspecified atom stereocenters. The van der Waals surface area contributed by atoms with Gasteiger partial charge >= 0.3 is 6.18 Å². The van der Waals surface area contributed by atoms with E-state index in [1.54, 1.807) is 23.1 Å². The fourth-order valence-corrected chi connectivity index (χ4v) is 2.99. The van der Waals surface area contributed by atoms with Crippen LogP contribution in [-0.2, 0) is 18.3 Å². The summed E-state index contributed by atoms with van der Waals surface area (Å²) in [6, 6.07) is 8.58. The topological polar surface area (TPSA) is 69.9 Å². The number of alkyl halides is 3. The number of ether oxygens (including phenoxy) is 1. The van der Waals surface area contributed by atoms with Crippen molar-refractivity contribution in [3.63, 3.8) is 0 Å². The Morgan fingerprint density at radius 3 is 2.50 bits per heavy atom. The highest BCUT2D eigenvalue weighted by Crippen LogP contribution is 2.22. The lowest BCUT2D eigenvalue weighted by Gasteiger charge is -2.12. The van der Waals surface area contributed by atoms with Gasteiger partial charge < -0.3 is 4.74 Å². The highest BCUT2D eigenvalue weighted by molar-refractivity contribution is 5.81. The summed E-state index contributed by atoms with van der Waals surface area (Å²) >= 11 is 0. The van der Waals surface area contributed by atoms with Crippen LogP contribution in [-0.4, -0.2) is 38.3 Å². The largest absolute Gasteiger partial charge is 0.483 e. The van der Waals surface area contributed by atoms with Crippen molar-refractivity contribution in [2.75, 3.05) is 6.61 Å². The quantitative estimate of drug-likeness (QED) is 0.550. The van der Waals surface area contributed by atoms with Crippen LogP contribution >= 0.6 is 0 Å². The number of ketones is 1. The van der Waals surface area contributed by atoms with Crippen LogP contribution in [0.4, 0.5) is 13.2 Å². The lowest BCUT2D eigenvalue weighted by atomic mass is 9.97. The van der Waals surface area contributed by atoms with Gasteiger partial charge in [0.1, 0.15) is 11.5 Å². The van der Waals surface area contributed by atoms with E-state index in [2.05, 4.69) is 19.8 Å². The molecule has 0 fully saturated rings. The van der Waals surface area contributed by atoms with E-state index < -0.39 is 12.8 Å². The first-order valence-electron chi connectivity index (χ1n) is 9.32. The van der Waals surface area contributed by atoms with Crippen LogP contribution in [0.1, 0.15) is 30.5 Å². The van der Waals surface area contributed by atoms with Crippen LogP contribution in [0, 0.1) is 0 Å². The van der Waals surface area contributed by atoms with Crippen molar-refractivity contribution in [3.05, 3.63) is 60.2 Å². The Bertz CT molecular complexity index is 983. The Balaban J connectivity index is 1.53. The van der Waals surface area contributed by atoms with E-state index in [0.717, 1.165) is 17.0 Å². The maximum absolute atomic E-state index is 12.4. The first kappa shape index (κ1) is 21.5. The number of aromatic nitrogens is 4. The van der Waals surface area contributed by atoms with Gasteiger partial charge in [-0.15, -0.1) is 0 Å². The predicted octanol–water partition coefficient (Wildman–Crippen LogP) is 4.12. The molecule has 1 atom stereocenters. The van der Waals surface area contributed by atoms with Gasteiger partial charge in [-0.05, 0) is 29.8 Å². The second kappa shape index (κ2) is 9.06. The molecular weight excluding hydrogens is 397 g/mol. The van der Waals surface area contributed by atoms with Crippen LogP contribution in [0.5, 0.6) is 5.75 Å². The van der Waals surface area contributed by atoms with Crippen molar-refractivity contribution in [1.82, 2.24) is 19.7 Å². The molecule has 0 amide bonds. The number of carbonyl (C=O) groups excluding carboxylic acids is 1. The highest BCUT2D eigenvalue weighted by atomic mass is 19.4. The van der Waals surface area contributed by atoms with E-state index in [4.69, 9.17) is 0 Å². The summed E-state index contributed by atoms with van der Waals surface area (Å²) in [5.41, 5.74) is 3.08. The number of halogens is 3. The first-order valence-corrected chi connectivity index (χ1v) is 9.32. The van der Waals surface area contributed by atoms with Crippen LogP contribution in [0.2, 0.25) is 0 Å². The highest BCUT2D eigenvalue weighted by Gasteiger charge is 2.28. The molecule has 3 heterocycles. The van der Waals surface area contributed by atoms with Crippen LogP contribution in [0.15, 0.2) is 48.9 Å². The van der Waals surface area contributed by atoms with Crippen LogP contribution in [0.3, 0.4) is 0 Å². The smallest absolute Gasteiger partial charge is 0.422 e. The number of hydrogen-bond acceptors (Lipinski definition) is 5. The fraction of sp³-hybridized carbons (Fsp3) is 0.333. The summed E-state index contributed by atoms with van der Waals surface area (Å²) in [5.74, 6) is -0.109. The summed E-state index contributed by atoms with van der Waals surface area (Å²) in [4.78, 5) is 20.9. The van der Waals surface area contributed by atoms with Gasteiger partial charge in [-0.1, -0.05) is 13.0 Å².